The zero-order valence-electron chi connectivity index (χ0n) is 17.6. The number of anilines is 2. The van der Waals surface area contributed by atoms with Gasteiger partial charge in [0.1, 0.15) is 12.4 Å². The summed E-state index contributed by atoms with van der Waals surface area (Å²) >= 11 is 0. The van der Waals surface area contributed by atoms with Gasteiger partial charge in [-0.2, -0.15) is 5.10 Å². The number of aryl methyl sites for hydroxylation is 1. The second kappa shape index (κ2) is 12.4. The molecule has 164 valence electrons. The van der Waals surface area contributed by atoms with Crippen LogP contribution in [0.15, 0.2) is 41.8 Å². The molecule has 3 heterocycles. The fourth-order valence-electron chi connectivity index (χ4n) is 3.21. The number of halogens is 1. The third kappa shape index (κ3) is 6.85. The van der Waals surface area contributed by atoms with E-state index in [4.69, 9.17) is 4.99 Å². The Labute approximate surface area is 195 Å². The lowest BCUT2D eigenvalue weighted by Gasteiger charge is -2.35. The monoisotopic (exact) mass is 526 g/mol. The van der Waals surface area contributed by atoms with Crippen LogP contribution in [0, 0.1) is 0 Å². The number of amides is 1. The molecule has 9 nitrogen and oxygen atoms in total. The summed E-state index contributed by atoms with van der Waals surface area (Å²) in [4.78, 5) is 25.4. The van der Waals surface area contributed by atoms with E-state index in [1.807, 2.05) is 43.3 Å². The lowest BCUT2D eigenvalue weighted by atomic mass is 10.3. The van der Waals surface area contributed by atoms with Gasteiger partial charge in [0.25, 0.3) is 0 Å². The van der Waals surface area contributed by atoms with Crippen LogP contribution < -0.4 is 15.5 Å². The maximum atomic E-state index is 12.6. The van der Waals surface area contributed by atoms with Gasteiger partial charge >= 0.3 is 0 Å². The van der Waals surface area contributed by atoms with Gasteiger partial charge in [-0.15, -0.1) is 24.0 Å². The van der Waals surface area contributed by atoms with E-state index in [2.05, 4.69) is 20.7 Å². The molecule has 10 heteroatoms. The van der Waals surface area contributed by atoms with Crippen LogP contribution in [0.3, 0.4) is 0 Å². The molecule has 1 aliphatic heterocycles. The molecule has 1 aliphatic rings. The van der Waals surface area contributed by atoms with E-state index in [1.165, 1.54) is 0 Å². The van der Waals surface area contributed by atoms with Crippen molar-refractivity contribution in [2.24, 2.45) is 12.0 Å². The fraction of sp³-hybridized carbons (Fsp3) is 0.500. The predicted molar refractivity (Wildman–Crippen MR) is 130 cm³/mol. The summed E-state index contributed by atoms with van der Waals surface area (Å²) in [6, 6.07) is 5.84. The van der Waals surface area contributed by atoms with E-state index >= 15 is 0 Å². The van der Waals surface area contributed by atoms with Gasteiger partial charge in [-0.25, -0.2) is 4.98 Å². The van der Waals surface area contributed by atoms with E-state index in [1.54, 1.807) is 22.0 Å². The van der Waals surface area contributed by atoms with Crippen molar-refractivity contribution in [1.29, 1.82) is 0 Å². The van der Waals surface area contributed by atoms with Crippen molar-refractivity contribution in [3.05, 3.63) is 36.8 Å². The van der Waals surface area contributed by atoms with Crippen molar-refractivity contribution in [1.82, 2.24) is 25.0 Å². The van der Waals surface area contributed by atoms with Crippen molar-refractivity contribution in [3.63, 3.8) is 0 Å². The SMILES string of the molecule is CCNC(=NCCCCNc1ccccn1)N1CCN(c2cnn(C)c2)C(=O)C1.I. The maximum Gasteiger partial charge on any atom is 0.246 e. The summed E-state index contributed by atoms with van der Waals surface area (Å²) in [7, 11) is 1.85. The highest BCUT2D eigenvalue weighted by Gasteiger charge is 2.27. The molecule has 0 unspecified atom stereocenters. The molecule has 0 saturated carbocycles. The number of aromatic nitrogens is 3. The molecule has 2 N–H and O–H groups in total. The number of pyridine rings is 1. The molecule has 1 saturated heterocycles. The first-order valence-corrected chi connectivity index (χ1v) is 10.1. The summed E-state index contributed by atoms with van der Waals surface area (Å²) in [5, 5.41) is 10.8. The summed E-state index contributed by atoms with van der Waals surface area (Å²) in [6.07, 6.45) is 7.36. The van der Waals surface area contributed by atoms with Crippen LogP contribution in [0.1, 0.15) is 19.8 Å². The van der Waals surface area contributed by atoms with Crippen LogP contribution in [0.4, 0.5) is 11.5 Å². The molecule has 0 atom stereocenters. The van der Waals surface area contributed by atoms with Gasteiger partial charge in [-0.3, -0.25) is 14.5 Å². The second-order valence-corrected chi connectivity index (χ2v) is 6.92. The molecule has 0 aliphatic carbocycles. The number of unbranched alkanes of at least 4 members (excludes halogenated alkanes) is 1. The van der Waals surface area contributed by atoms with Crippen LogP contribution >= 0.6 is 24.0 Å². The van der Waals surface area contributed by atoms with Crippen molar-refractivity contribution < 1.29 is 4.79 Å². The molecule has 0 bridgehead atoms. The minimum atomic E-state index is 0. The van der Waals surface area contributed by atoms with Gasteiger partial charge in [-0.1, -0.05) is 6.07 Å². The maximum absolute atomic E-state index is 12.6. The molecule has 3 rings (SSSR count). The van der Waals surface area contributed by atoms with Gasteiger partial charge in [0.2, 0.25) is 5.91 Å². The van der Waals surface area contributed by atoms with E-state index in [-0.39, 0.29) is 29.9 Å². The Kier molecular flexibility index (Phi) is 9.84. The molecule has 0 radical (unpaired) electrons. The van der Waals surface area contributed by atoms with Crippen LogP contribution in [0.2, 0.25) is 0 Å². The van der Waals surface area contributed by atoms with Crippen LogP contribution in [-0.4, -0.2) is 70.8 Å². The minimum Gasteiger partial charge on any atom is -0.370 e. The normalized spacial score (nSPS) is 14.5. The van der Waals surface area contributed by atoms with Gasteiger partial charge in [0.15, 0.2) is 5.96 Å². The first-order valence-electron chi connectivity index (χ1n) is 10.1. The molecule has 1 fully saturated rings. The van der Waals surface area contributed by atoms with E-state index < -0.39 is 0 Å². The van der Waals surface area contributed by atoms with Crippen molar-refractivity contribution in [2.45, 2.75) is 19.8 Å². The Bertz CT molecular complexity index is 810. The van der Waals surface area contributed by atoms with Gasteiger partial charge < -0.3 is 20.4 Å². The first-order chi connectivity index (χ1) is 14.2. The zero-order chi connectivity index (χ0) is 20.5. The van der Waals surface area contributed by atoms with Crippen molar-refractivity contribution in [3.8, 4) is 0 Å². The van der Waals surface area contributed by atoms with E-state index in [9.17, 15) is 4.79 Å². The quantitative estimate of drug-likeness (QED) is 0.237. The third-order valence-corrected chi connectivity index (χ3v) is 4.68. The van der Waals surface area contributed by atoms with Gasteiger partial charge in [-0.05, 0) is 31.9 Å². The highest BCUT2D eigenvalue weighted by molar-refractivity contribution is 14.0. The summed E-state index contributed by atoms with van der Waals surface area (Å²) in [6.45, 7) is 6.10. The van der Waals surface area contributed by atoms with Crippen LogP contribution in [0.5, 0.6) is 0 Å². The largest absolute Gasteiger partial charge is 0.370 e. The Morgan fingerprint density at radius 3 is 2.80 bits per heavy atom. The standard InChI is InChI=1S/C20H30N8O.HI/c1-3-21-20(24-11-7-6-10-23-18-8-4-5-9-22-18)27-12-13-28(19(29)16-27)17-14-25-26(2)15-17;/h4-5,8-9,14-15H,3,6-7,10-13,16H2,1-2H3,(H,21,24)(H,22,23);1H. The number of guanidine groups is 1. The Morgan fingerprint density at radius 1 is 1.27 bits per heavy atom. The molecule has 0 aromatic carbocycles. The van der Waals surface area contributed by atoms with E-state index in [0.717, 1.165) is 56.5 Å². The number of carbonyl (C=O) groups is 1. The highest BCUT2D eigenvalue weighted by Crippen LogP contribution is 2.16. The lowest BCUT2D eigenvalue weighted by molar-refractivity contribution is -0.120. The molecular formula is C20H31IN8O. The Balaban J connectivity index is 0.00000320. The number of nitrogens with zero attached hydrogens (tertiary/aromatic N) is 6. The number of nitrogens with one attached hydrogen (secondary N) is 2. The lowest BCUT2D eigenvalue weighted by Crippen LogP contribution is -2.55. The van der Waals surface area contributed by atoms with E-state index in [0.29, 0.717) is 13.1 Å². The number of piperazine rings is 1. The highest BCUT2D eigenvalue weighted by atomic mass is 127. The molecular weight excluding hydrogens is 495 g/mol. The smallest absolute Gasteiger partial charge is 0.246 e. The molecule has 1 amide bonds. The average molecular weight is 526 g/mol. The predicted octanol–water partition coefficient (Wildman–Crippen LogP) is 1.94. The van der Waals surface area contributed by atoms with Crippen molar-refractivity contribution >= 4 is 47.3 Å². The van der Waals surface area contributed by atoms with Gasteiger partial charge in [0.05, 0.1) is 11.9 Å². The number of hydrogen-bond acceptors (Lipinski definition) is 5. The number of aliphatic imine (C=N–C) groups is 1. The topological polar surface area (TPSA) is 90.7 Å². The Morgan fingerprint density at radius 2 is 2.13 bits per heavy atom. The number of hydrogen-bond donors (Lipinski definition) is 2. The third-order valence-electron chi connectivity index (χ3n) is 4.68. The first kappa shape index (κ1) is 23.9. The number of rotatable bonds is 8. The van der Waals surface area contributed by atoms with Crippen LogP contribution in [-0.2, 0) is 11.8 Å². The summed E-state index contributed by atoms with van der Waals surface area (Å²) in [5.41, 5.74) is 0.847. The molecule has 30 heavy (non-hydrogen) atoms. The second-order valence-electron chi connectivity index (χ2n) is 6.92. The minimum absolute atomic E-state index is 0. The molecule has 2 aromatic heterocycles. The molecule has 0 spiro atoms. The fourth-order valence-corrected chi connectivity index (χ4v) is 3.21. The Hall–Kier alpha value is -2.37. The van der Waals surface area contributed by atoms with Gasteiger partial charge in [0, 0.05) is 52.2 Å². The molecule has 2 aromatic rings. The summed E-state index contributed by atoms with van der Waals surface area (Å²) < 4.78 is 1.71. The van der Waals surface area contributed by atoms with Crippen LogP contribution in [0.25, 0.3) is 0 Å². The zero-order valence-corrected chi connectivity index (χ0v) is 20.0. The number of carbonyl (C=O) groups excluding carboxylic acids is 1. The van der Waals surface area contributed by atoms with Crippen molar-refractivity contribution in [2.75, 3.05) is 49.5 Å². The summed E-state index contributed by atoms with van der Waals surface area (Å²) in [5.74, 6) is 1.77. The average Bonchev–Trinajstić information content (AvgIpc) is 3.16.